The largest absolute Gasteiger partial charge is 0.385 e. The van der Waals surface area contributed by atoms with E-state index < -0.39 is 0 Å². The summed E-state index contributed by atoms with van der Waals surface area (Å²) in [5, 5.41) is 5.99. The number of carbonyl (C=O) groups is 1. The van der Waals surface area contributed by atoms with Crippen LogP contribution in [-0.2, 0) is 4.74 Å². The Morgan fingerprint density at radius 2 is 2.04 bits per heavy atom. The van der Waals surface area contributed by atoms with Gasteiger partial charge in [-0.3, -0.25) is 4.79 Å². The lowest BCUT2D eigenvalue weighted by atomic mass is 10.1. The van der Waals surface area contributed by atoms with Gasteiger partial charge < -0.3 is 15.4 Å². The minimum Gasteiger partial charge on any atom is -0.385 e. The number of ether oxygens (including phenoxy) is 1. The van der Waals surface area contributed by atoms with Gasteiger partial charge in [0.15, 0.2) is 0 Å². The number of aryl methyl sites for hydroxylation is 1. The normalized spacial score (nSPS) is 10.4. The molecule has 2 aromatic rings. The molecule has 2 rings (SSSR count). The highest BCUT2D eigenvalue weighted by molar-refractivity contribution is 5.92. The van der Waals surface area contributed by atoms with Crippen molar-refractivity contribution in [2.75, 3.05) is 25.6 Å². The molecule has 0 saturated carbocycles. The molecule has 1 heterocycles. The summed E-state index contributed by atoms with van der Waals surface area (Å²) < 4.78 is 4.93. The van der Waals surface area contributed by atoms with Gasteiger partial charge in [-0.1, -0.05) is 12.1 Å². The van der Waals surface area contributed by atoms with Crippen molar-refractivity contribution in [3.05, 3.63) is 47.4 Å². The number of rotatable bonds is 7. The Balaban J connectivity index is 1.96. The number of hydrogen-bond acceptors (Lipinski definition) is 5. The number of nitrogens with one attached hydrogen (secondary N) is 2. The SMILES string of the molecule is COCCCNC(=O)c1cnc(Nc2cccc(C)c2C)cn1. The summed E-state index contributed by atoms with van der Waals surface area (Å²) in [4.78, 5) is 20.3. The topological polar surface area (TPSA) is 76.1 Å². The highest BCUT2D eigenvalue weighted by atomic mass is 16.5. The molecule has 23 heavy (non-hydrogen) atoms. The van der Waals surface area contributed by atoms with Crippen LogP contribution in [0.25, 0.3) is 0 Å². The number of carbonyl (C=O) groups excluding carboxylic acids is 1. The lowest BCUT2D eigenvalue weighted by Crippen LogP contribution is -2.26. The van der Waals surface area contributed by atoms with Crippen molar-refractivity contribution in [2.45, 2.75) is 20.3 Å². The molecular formula is C17H22N4O2. The molecule has 0 aliphatic carbocycles. The summed E-state index contributed by atoms with van der Waals surface area (Å²) in [7, 11) is 1.63. The molecule has 0 bridgehead atoms. The number of hydrogen-bond donors (Lipinski definition) is 2. The molecule has 0 atom stereocenters. The molecule has 1 aromatic carbocycles. The summed E-state index contributed by atoms with van der Waals surface area (Å²) in [6.45, 7) is 5.28. The number of aromatic nitrogens is 2. The third-order valence-electron chi connectivity index (χ3n) is 3.56. The van der Waals surface area contributed by atoms with Crippen LogP contribution < -0.4 is 10.6 Å². The Hall–Kier alpha value is -2.47. The first-order valence-electron chi connectivity index (χ1n) is 7.54. The second-order valence-electron chi connectivity index (χ2n) is 5.26. The first-order chi connectivity index (χ1) is 11.1. The van der Waals surface area contributed by atoms with E-state index >= 15 is 0 Å². The molecular weight excluding hydrogens is 292 g/mol. The van der Waals surface area contributed by atoms with Crippen LogP contribution in [0.2, 0.25) is 0 Å². The molecule has 0 unspecified atom stereocenters. The fraction of sp³-hybridized carbons (Fsp3) is 0.353. The molecule has 0 saturated heterocycles. The second kappa shape index (κ2) is 8.24. The van der Waals surface area contributed by atoms with Crippen LogP contribution in [0.1, 0.15) is 28.0 Å². The Morgan fingerprint density at radius 1 is 1.22 bits per heavy atom. The maximum Gasteiger partial charge on any atom is 0.271 e. The van der Waals surface area contributed by atoms with Crippen LogP contribution in [0.4, 0.5) is 11.5 Å². The van der Waals surface area contributed by atoms with E-state index in [0.29, 0.717) is 24.7 Å². The van der Waals surface area contributed by atoms with E-state index in [1.165, 1.54) is 11.8 Å². The Labute approximate surface area is 136 Å². The zero-order valence-electron chi connectivity index (χ0n) is 13.7. The van der Waals surface area contributed by atoms with E-state index in [2.05, 4.69) is 33.6 Å². The van der Waals surface area contributed by atoms with Crippen LogP contribution in [-0.4, -0.2) is 36.1 Å². The van der Waals surface area contributed by atoms with Gasteiger partial charge in [0.1, 0.15) is 11.5 Å². The highest BCUT2D eigenvalue weighted by Gasteiger charge is 2.08. The Morgan fingerprint density at radius 3 is 2.74 bits per heavy atom. The van der Waals surface area contributed by atoms with E-state index in [1.54, 1.807) is 13.3 Å². The molecule has 2 N–H and O–H groups in total. The smallest absolute Gasteiger partial charge is 0.271 e. The van der Waals surface area contributed by atoms with E-state index in [9.17, 15) is 4.79 Å². The van der Waals surface area contributed by atoms with Gasteiger partial charge in [-0.05, 0) is 37.5 Å². The summed E-state index contributed by atoms with van der Waals surface area (Å²) in [5.74, 6) is 0.376. The molecule has 6 heteroatoms. The second-order valence-corrected chi connectivity index (χ2v) is 5.26. The average Bonchev–Trinajstić information content (AvgIpc) is 2.56. The van der Waals surface area contributed by atoms with Crippen molar-refractivity contribution in [2.24, 2.45) is 0 Å². The highest BCUT2D eigenvalue weighted by Crippen LogP contribution is 2.21. The van der Waals surface area contributed by atoms with Crippen molar-refractivity contribution < 1.29 is 9.53 Å². The number of anilines is 2. The first-order valence-corrected chi connectivity index (χ1v) is 7.54. The molecule has 1 amide bonds. The molecule has 1 aromatic heterocycles. The lowest BCUT2D eigenvalue weighted by molar-refractivity contribution is 0.0943. The standard InChI is InChI=1S/C17H22N4O2/c1-12-6-4-7-14(13(12)2)21-16-11-19-15(10-20-16)17(22)18-8-5-9-23-3/h4,6-7,10-11H,5,8-9H2,1-3H3,(H,18,22)(H,20,21). The van der Waals surface area contributed by atoms with Crippen LogP contribution in [0.15, 0.2) is 30.6 Å². The maximum atomic E-state index is 11.9. The quantitative estimate of drug-likeness (QED) is 0.768. The first kappa shape index (κ1) is 16.9. The van der Waals surface area contributed by atoms with Crippen molar-refractivity contribution in [3.63, 3.8) is 0 Å². The predicted octanol–water partition coefficient (Wildman–Crippen LogP) is 2.60. The van der Waals surface area contributed by atoms with Crippen molar-refractivity contribution in [1.82, 2.24) is 15.3 Å². The van der Waals surface area contributed by atoms with Gasteiger partial charge in [0, 0.05) is 25.9 Å². The average molecular weight is 314 g/mol. The molecule has 0 aliphatic heterocycles. The Bertz CT molecular complexity index is 656. The predicted molar refractivity (Wildman–Crippen MR) is 90.1 cm³/mol. The van der Waals surface area contributed by atoms with Gasteiger partial charge in [0.25, 0.3) is 5.91 Å². The summed E-state index contributed by atoms with van der Waals surface area (Å²) in [5.41, 5.74) is 3.65. The molecule has 0 aliphatic rings. The molecule has 0 fully saturated rings. The van der Waals surface area contributed by atoms with Gasteiger partial charge >= 0.3 is 0 Å². The third-order valence-corrected chi connectivity index (χ3v) is 3.56. The number of nitrogens with zero attached hydrogens (tertiary/aromatic N) is 2. The Kier molecular flexibility index (Phi) is 6.05. The molecule has 0 radical (unpaired) electrons. The summed E-state index contributed by atoms with van der Waals surface area (Å²) in [6.07, 6.45) is 3.80. The van der Waals surface area contributed by atoms with Gasteiger partial charge in [0.2, 0.25) is 0 Å². The van der Waals surface area contributed by atoms with Crippen molar-refractivity contribution in [1.29, 1.82) is 0 Å². The molecule has 6 nitrogen and oxygen atoms in total. The minimum absolute atomic E-state index is 0.230. The third kappa shape index (κ3) is 4.75. The fourth-order valence-corrected chi connectivity index (χ4v) is 2.04. The zero-order valence-corrected chi connectivity index (χ0v) is 13.7. The van der Waals surface area contributed by atoms with Gasteiger partial charge in [-0.2, -0.15) is 0 Å². The molecule has 122 valence electrons. The van der Waals surface area contributed by atoms with E-state index in [1.807, 2.05) is 19.1 Å². The number of amides is 1. The van der Waals surface area contributed by atoms with E-state index in [4.69, 9.17) is 4.74 Å². The fourth-order valence-electron chi connectivity index (χ4n) is 2.04. The zero-order chi connectivity index (χ0) is 16.7. The monoisotopic (exact) mass is 314 g/mol. The minimum atomic E-state index is -0.230. The van der Waals surface area contributed by atoms with Crippen molar-refractivity contribution in [3.8, 4) is 0 Å². The summed E-state index contributed by atoms with van der Waals surface area (Å²) >= 11 is 0. The number of benzene rings is 1. The van der Waals surface area contributed by atoms with Gasteiger partial charge in [0.05, 0.1) is 12.4 Å². The van der Waals surface area contributed by atoms with E-state index in [-0.39, 0.29) is 5.91 Å². The molecule has 0 spiro atoms. The van der Waals surface area contributed by atoms with Crippen molar-refractivity contribution >= 4 is 17.4 Å². The van der Waals surface area contributed by atoms with Gasteiger partial charge in [-0.15, -0.1) is 0 Å². The lowest BCUT2D eigenvalue weighted by Gasteiger charge is -2.10. The number of methoxy groups -OCH3 is 1. The summed E-state index contributed by atoms with van der Waals surface area (Å²) in [6, 6.07) is 6.03. The maximum absolute atomic E-state index is 11.9. The van der Waals surface area contributed by atoms with Crippen LogP contribution >= 0.6 is 0 Å². The van der Waals surface area contributed by atoms with Crippen LogP contribution in [0, 0.1) is 13.8 Å². The van der Waals surface area contributed by atoms with Crippen LogP contribution in [0.3, 0.4) is 0 Å². The van der Waals surface area contributed by atoms with E-state index in [0.717, 1.165) is 17.7 Å². The van der Waals surface area contributed by atoms with Gasteiger partial charge in [-0.25, -0.2) is 9.97 Å². The van der Waals surface area contributed by atoms with Crippen LogP contribution in [0.5, 0.6) is 0 Å².